The summed E-state index contributed by atoms with van der Waals surface area (Å²) < 4.78 is 15.6. The van der Waals surface area contributed by atoms with Crippen LogP contribution in [0.15, 0.2) is 11.9 Å². The third-order valence-corrected chi connectivity index (χ3v) is 3.13. The van der Waals surface area contributed by atoms with E-state index in [1.807, 2.05) is 0 Å². The van der Waals surface area contributed by atoms with E-state index < -0.39 is 7.37 Å². The normalized spacial score (nSPS) is 17.4. The van der Waals surface area contributed by atoms with Crippen molar-refractivity contribution in [1.29, 1.82) is 0 Å². The van der Waals surface area contributed by atoms with Crippen molar-refractivity contribution in [2.45, 2.75) is 6.92 Å². The van der Waals surface area contributed by atoms with E-state index >= 15 is 0 Å². The third kappa shape index (κ3) is 1.81. The van der Waals surface area contributed by atoms with Crippen molar-refractivity contribution in [1.82, 2.24) is 0 Å². The Morgan fingerprint density at radius 1 is 1.75 bits per heavy atom. The fourth-order valence-electron chi connectivity index (χ4n) is 0.156. The van der Waals surface area contributed by atoms with Gasteiger partial charge in [-0.2, -0.15) is 0 Å². The molecule has 0 aliphatic heterocycles. The van der Waals surface area contributed by atoms with Crippen LogP contribution in [-0.2, 0) is 9.09 Å². The van der Waals surface area contributed by atoms with Gasteiger partial charge >= 0.3 is 0 Å². The second-order valence-corrected chi connectivity index (χ2v) is 4.58. The van der Waals surface area contributed by atoms with Crippen molar-refractivity contribution < 1.29 is 9.09 Å². The Morgan fingerprint density at radius 2 is 2.12 bits per heavy atom. The highest BCUT2D eigenvalue weighted by Crippen LogP contribution is 2.48. The molecule has 0 heterocycles. The van der Waals surface area contributed by atoms with Crippen molar-refractivity contribution in [3.05, 3.63) is 11.9 Å². The molecule has 8 heavy (non-hydrogen) atoms. The highest BCUT2D eigenvalue weighted by molar-refractivity contribution is 7.62. The van der Waals surface area contributed by atoms with E-state index in [-0.39, 0.29) is 0 Å². The minimum absolute atomic E-state index is 0.611. The van der Waals surface area contributed by atoms with E-state index in [0.717, 1.165) is 0 Å². The van der Waals surface area contributed by atoms with Gasteiger partial charge < -0.3 is 4.52 Å². The van der Waals surface area contributed by atoms with Gasteiger partial charge in [0.05, 0.1) is 0 Å². The van der Waals surface area contributed by atoms with Gasteiger partial charge in [0.25, 0.3) is 0 Å². The average molecular weight is 134 g/mol. The summed E-state index contributed by atoms with van der Waals surface area (Å²) in [5.41, 5.74) is 0. The van der Waals surface area contributed by atoms with Crippen LogP contribution in [0.4, 0.5) is 0 Å². The molecule has 0 radical (unpaired) electrons. The first-order valence-electron chi connectivity index (χ1n) is 2.30. The summed E-state index contributed by atoms with van der Waals surface area (Å²) in [6.07, 6.45) is 0. The molecule has 0 N–H and O–H groups in total. The molecular formula is C5H11O2P. The SMILES string of the molecule is C=C(C)P(C)(=O)OC. The van der Waals surface area contributed by atoms with Gasteiger partial charge in [-0.1, -0.05) is 6.58 Å². The Labute approximate surface area is 50.0 Å². The lowest BCUT2D eigenvalue weighted by Crippen LogP contribution is -1.80. The van der Waals surface area contributed by atoms with E-state index in [1.165, 1.54) is 7.11 Å². The van der Waals surface area contributed by atoms with Gasteiger partial charge in [0.2, 0.25) is 7.37 Å². The molecule has 1 unspecified atom stereocenters. The molecule has 0 amide bonds. The smallest absolute Gasteiger partial charge is 0.224 e. The van der Waals surface area contributed by atoms with Gasteiger partial charge in [0.1, 0.15) is 0 Å². The molecule has 0 spiro atoms. The summed E-state index contributed by atoms with van der Waals surface area (Å²) in [5, 5.41) is 0.611. The van der Waals surface area contributed by atoms with Gasteiger partial charge in [-0.25, -0.2) is 0 Å². The molecule has 48 valence electrons. The Bertz CT molecular complexity index is 139. The zero-order valence-corrected chi connectivity index (χ0v) is 6.37. The molecule has 0 aromatic heterocycles. The van der Waals surface area contributed by atoms with Gasteiger partial charge in [-0.3, -0.25) is 4.57 Å². The number of hydrogen-bond acceptors (Lipinski definition) is 2. The first-order chi connectivity index (χ1) is 3.50. The maximum Gasteiger partial charge on any atom is 0.224 e. The average Bonchev–Trinajstić information content (AvgIpc) is 1.67. The van der Waals surface area contributed by atoms with Crippen molar-refractivity contribution >= 4 is 7.37 Å². The second kappa shape index (κ2) is 2.47. The third-order valence-electron chi connectivity index (χ3n) is 1.04. The molecule has 3 heteroatoms. The highest BCUT2D eigenvalue weighted by Gasteiger charge is 2.12. The summed E-state index contributed by atoms with van der Waals surface area (Å²) in [4.78, 5) is 0. The highest BCUT2D eigenvalue weighted by atomic mass is 31.2. The molecule has 0 aliphatic rings. The van der Waals surface area contributed by atoms with E-state index in [1.54, 1.807) is 13.6 Å². The Morgan fingerprint density at radius 3 is 2.12 bits per heavy atom. The van der Waals surface area contributed by atoms with Crippen LogP contribution in [-0.4, -0.2) is 13.8 Å². The fraction of sp³-hybridized carbons (Fsp3) is 0.600. The molecule has 1 atom stereocenters. The first kappa shape index (κ1) is 7.93. The molecule has 0 rings (SSSR count). The molecule has 0 fully saturated rings. The second-order valence-electron chi connectivity index (χ2n) is 1.76. The number of rotatable bonds is 2. The maximum atomic E-state index is 11.0. The van der Waals surface area contributed by atoms with E-state index in [0.29, 0.717) is 5.31 Å². The molecule has 0 aromatic carbocycles. The number of hydrogen-bond donors (Lipinski definition) is 0. The standard InChI is InChI=1S/C5H11O2P/c1-5(2)8(4,6)7-3/h1H2,2-4H3. The zero-order valence-electron chi connectivity index (χ0n) is 5.47. The molecule has 0 bridgehead atoms. The van der Waals surface area contributed by atoms with Crippen molar-refractivity contribution in [3.8, 4) is 0 Å². The monoisotopic (exact) mass is 134 g/mol. The van der Waals surface area contributed by atoms with E-state index in [9.17, 15) is 4.57 Å². The van der Waals surface area contributed by atoms with Crippen LogP contribution in [0.5, 0.6) is 0 Å². The molecule has 2 nitrogen and oxygen atoms in total. The van der Waals surface area contributed by atoms with E-state index in [2.05, 4.69) is 11.1 Å². The summed E-state index contributed by atoms with van der Waals surface area (Å²) in [5.74, 6) is 0. The summed E-state index contributed by atoms with van der Waals surface area (Å²) in [6.45, 7) is 6.76. The Kier molecular flexibility index (Phi) is 2.45. The lowest BCUT2D eigenvalue weighted by Gasteiger charge is -2.07. The minimum Gasteiger partial charge on any atom is -0.329 e. The molecule has 0 saturated heterocycles. The summed E-state index contributed by atoms with van der Waals surface area (Å²) in [7, 11) is -1.01. The topological polar surface area (TPSA) is 26.3 Å². The van der Waals surface area contributed by atoms with Gasteiger partial charge in [-0.15, -0.1) is 0 Å². The van der Waals surface area contributed by atoms with Crippen LogP contribution in [0.2, 0.25) is 0 Å². The minimum atomic E-state index is -2.44. The lowest BCUT2D eigenvalue weighted by atomic mass is 10.8. The summed E-state index contributed by atoms with van der Waals surface area (Å²) in [6, 6.07) is 0. The van der Waals surface area contributed by atoms with Crippen LogP contribution in [0.1, 0.15) is 6.92 Å². The van der Waals surface area contributed by atoms with Gasteiger partial charge in [-0.05, 0) is 6.92 Å². The fourth-order valence-corrected chi connectivity index (χ4v) is 0.468. The van der Waals surface area contributed by atoms with Crippen LogP contribution in [0.3, 0.4) is 0 Å². The van der Waals surface area contributed by atoms with Gasteiger partial charge in [0.15, 0.2) is 0 Å². The number of allylic oxidation sites excluding steroid dienone is 1. The molecule has 0 saturated carbocycles. The zero-order chi connectivity index (χ0) is 6.78. The first-order valence-corrected chi connectivity index (χ1v) is 4.37. The Balaban J connectivity index is 4.15. The van der Waals surface area contributed by atoms with Crippen LogP contribution < -0.4 is 0 Å². The van der Waals surface area contributed by atoms with Crippen molar-refractivity contribution in [2.75, 3.05) is 13.8 Å². The summed E-state index contributed by atoms with van der Waals surface area (Å²) >= 11 is 0. The van der Waals surface area contributed by atoms with Crippen LogP contribution in [0.25, 0.3) is 0 Å². The van der Waals surface area contributed by atoms with Crippen molar-refractivity contribution in [2.24, 2.45) is 0 Å². The van der Waals surface area contributed by atoms with E-state index in [4.69, 9.17) is 0 Å². The maximum absolute atomic E-state index is 11.0. The quantitative estimate of drug-likeness (QED) is 0.540. The van der Waals surface area contributed by atoms with Crippen LogP contribution >= 0.6 is 7.37 Å². The molecule has 0 aliphatic carbocycles. The van der Waals surface area contributed by atoms with Crippen molar-refractivity contribution in [3.63, 3.8) is 0 Å². The molecule has 0 aromatic rings. The predicted octanol–water partition coefficient (Wildman–Crippen LogP) is 2.07. The molecular weight excluding hydrogens is 123 g/mol. The predicted molar refractivity (Wildman–Crippen MR) is 35.4 cm³/mol. The van der Waals surface area contributed by atoms with Gasteiger partial charge in [0, 0.05) is 19.1 Å². The van der Waals surface area contributed by atoms with Crippen LogP contribution in [0, 0.1) is 0 Å². The Hall–Kier alpha value is -0.0700. The largest absolute Gasteiger partial charge is 0.329 e. The lowest BCUT2D eigenvalue weighted by molar-refractivity contribution is 0.405.